The highest BCUT2D eigenvalue weighted by Gasteiger charge is 2.26. The van der Waals surface area contributed by atoms with Crippen LogP contribution in [0.2, 0.25) is 0 Å². The van der Waals surface area contributed by atoms with Crippen LogP contribution >= 0.6 is 15.9 Å². The van der Waals surface area contributed by atoms with Crippen molar-refractivity contribution in [2.45, 2.75) is 19.9 Å². The lowest BCUT2D eigenvalue weighted by atomic mass is 10.0. The van der Waals surface area contributed by atoms with E-state index in [0.717, 1.165) is 5.56 Å². The van der Waals surface area contributed by atoms with Crippen molar-refractivity contribution < 1.29 is 9.45 Å². The molecule has 3 aromatic rings. The van der Waals surface area contributed by atoms with Gasteiger partial charge in [-0.1, -0.05) is 34.9 Å². The molecule has 0 bridgehead atoms. The lowest BCUT2D eigenvalue weighted by Gasteiger charge is -2.19. The van der Waals surface area contributed by atoms with Gasteiger partial charge >= 0.3 is 0 Å². The Bertz CT molecular complexity index is 914. The summed E-state index contributed by atoms with van der Waals surface area (Å²) in [5.74, 6) is 0.869. The molecule has 0 saturated heterocycles. The fourth-order valence-corrected chi connectivity index (χ4v) is 2.79. The van der Waals surface area contributed by atoms with Crippen molar-refractivity contribution in [1.29, 1.82) is 0 Å². The number of hydrogen-bond acceptors (Lipinski definition) is 7. The van der Waals surface area contributed by atoms with Crippen LogP contribution in [0.5, 0.6) is 0 Å². The molecule has 0 saturated carbocycles. The maximum absolute atomic E-state index is 11.3. The molecule has 0 aliphatic carbocycles. The summed E-state index contributed by atoms with van der Waals surface area (Å²) in [4.78, 5) is 19.3. The van der Waals surface area contributed by atoms with Crippen LogP contribution in [0.4, 0.5) is 11.4 Å². The highest BCUT2D eigenvalue weighted by molar-refractivity contribution is 9.10. The standard InChI is InChI=1S/C17H16BrN5O3/c1-10(2)15(20-13-4-3-12(18)9-14(13)23(24)25)17-21-16(22-26-17)11-5-7-19-8-6-11/h3-10,15,20H,1-2H3. The number of nitro groups is 1. The fourth-order valence-electron chi connectivity index (χ4n) is 2.44. The first kappa shape index (κ1) is 18.0. The molecule has 26 heavy (non-hydrogen) atoms. The Morgan fingerprint density at radius 1 is 1.23 bits per heavy atom. The summed E-state index contributed by atoms with van der Waals surface area (Å²) in [5, 5.41) is 18.5. The highest BCUT2D eigenvalue weighted by Crippen LogP contribution is 2.33. The first-order valence-electron chi connectivity index (χ1n) is 7.90. The Labute approximate surface area is 157 Å². The smallest absolute Gasteiger partial charge is 0.293 e. The van der Waals surface area contributed by atoms with Gasteiger partial charge in [-0.25, -0.2) is 0 Å². The van der Waals surface area contributed by atoms with Crippen molar-refractivity contribution in [3.63, 3.8) is 0 Å². The van der Waals surface area contributed by atoms with Crippen LogP contribution in [0.15, 0.2) is 51.7 Å². The zero-order valence-electron chi connectivity index (χ0n) is 14.1. The first-order valence-corrected chi connectivity index (χ1v) is 8.69. The predicted molar refractivity (Wildman–Crippen MR) is 99.5 cm³/mol. The second kappa shape index (κ2) is 7.61. The van der Waals surface area contributed by atoms with Crippen LogP contribution in [-0.2, 0) is 0 Å². The molecule has 1 atom stereocenters. The van der Waals surface area contributed by atoms with E-state index < -0.39 is 4.92 Å². The summed E-state index contributed by atoms with van der Waals surface area (Å²) < 4.78 is 6.05. The van der Waals surface area contributed by atoms with Crippen LogP contribution in [0.1, 0.15) is 25.8 Å². The van der Waals surface area contributed by atoms with Gasteiger partial charge in [0.2, 0.25) is 11.7 Å². The van der Waals surface area contributed by atoms with Gasteiger partial charge < -0.3 is 9.84 Å². The van der Waals surface area contributed by atoms with E-state index in [1.807, 2.05) is 13.8 Å². The average Bonchev–Trinajstić information content (AvgIpc) is 3.10. The van der Waals surface area contributed by atoms with E-state index in [9.17, 15) is 10.1 Å². The summed E-state index contributed by atoms with van der Waals surface area (Å²) in [6.45, 7) is 3.94. The summed E-state index contributed by atoms with van der Waals surface area (Å²) in [5.41, 5.74) is 1.14. The molecule has 0 aliphatic rings. The van der Waals surface area contributed by atoms with E-state index in [-0.39, 0.29) is 17.6 Å². The van der Waals surface area contributed by atoms with Crippen molar-refractivity contribution in [3.8, 4) is 11.4 Å². The molecule has 8 nitrogen and oxygen atoms in total. The molecule has 0 amide bonds. The normalized spacial score (nSPS) is 12.2. The van der Waals surface area contributed by atoms with Crippen LogP contribution in [0.25, 0.3) is 11.4 Å². The SMILES string of the molecule is CC(C)C(Nc1ccc(Br)cc1[N+](=O)[O-])c1nc(-c2ccncc2)no1. The van der Waals surface area contributed by atoms with Crippen molar-refractivity contribution in [1.82, 2.24) is 15.1 Å². The van der Waals surface area contributed by atoms with E-state index in [1.165, 1.54) is 6.07 Å². The van der Waals surface area contributed by atoms with E-state index in [0.29, 0.717) is 21.9 Å². The Kier molecular flexibility index (Phi) is 5.27. The van der Waals surface area contributed by atoms with E-state index >= 15 is 0 Å². The Morgan fingerprint density at radius 2 is 1.96 bits per heavy atom. The van der Waals surface area contributed by atoms with Gasteiger partial charge in [-0.05, 0) is 30.2 Å². The van der Waals surface area contributed by atoms with Gasteiger partial charge in [0, 0.05) is 28.5 Å². The minimum absolute atomic E-state index is 0.0288. The van der Waals surface area contributed by atoms with Crippen molar-refractivity contribution in [2.75, 3.05) is 5.32 Å². The average molecular weight is 418 g/mol. The summed E-state index contributed by atoms with van der Waals surface area (Å²) >= 11 is 3.26. The molecule has 0 aliphatic heterocycles. The second-order valence-corrected chi connectivity index (χ2v) is 6.89. The van der Waals surface area contributed by atoms with Crippen LogP contribution in [0, 0.1) is 16.0 Å². The lowest BCUT2D eigenvalue weighted by Crippen LogP contribution is -2.18. The minimum Gasteiger partial charge on any atom is -0.368 e. The van der Waals surface area contributed by atoms with Crippen LogP contribution in [-0.4, -0.2) is 20.0 Å². The number of nitro benzene ring substituents is 1. The summed E-state index contributed by atoms with van der Waals surface area (Å²) in [6.07, 6.45) is 3.30. The van der Waals surface area contributed by atoms with Gasteiger partial charge in [0.15, 0.2) is 0 Å². The third kappa shape index (κ3) is 3.88. The molecule has 2 heterocycles. The molecule has 3 rings (SSSR count). The number of pyridine rings is 1. The molecule has 134 valence electrons. The largest absolute Gasteiger partial charge is 0.368 e. The number of hydrogen-bond donors (Lipinski definition) is 1. The monoisotopic (exact) mass is 417 g/mol. The number of anilines is 1. The van der Waals surface area contributed by atoms with E-state index in [4.69, 9.17) is 4.52 Å². The topological polar surface area (TPSA) is 107 Å². The fraction of sp³-hybridized carbons (Fsp3) is 0.235. The number of benzene rings is 1. The Balaban J connectivity index is 1.92. The summed E-state index contributed by atoms with van der Waals surface area (Å²) in [6, 6.07) is 8.03. The molecule has 1 N–H and O–H groups in total. The zero-order valence-corrected chi connectivity index (χ0v) is 15.7. The highest BCUT2D eigenvalue weighted by atomic mass is 79.9. The third-order valence-corrected chi connectivity index (χ3v) is 4.27. The lowest BCUT2D eigenvalue weighted by molar-refractivity contribution is -0.384. The number of nitrogens with one attached hydrogen (secondary N) is 1. The van der Waals surface area contributed by atoms with Gasteiger partial charge in [-0.3, -0.25) is 15.1 Å². The van der Waals surface area contributed by atoms with Gasteiger partial charge in [-0.2, -0.15) is 4.98 Å². The quantitative estimate of drug-likeness (QED) is 0.460. The molecule has 0 fully saturated rings. The molecular formula is C17H16BrN5O3. The third-order valence-electron chi connectivity index (χ3n) is 3.78. The minimum atomic E-state index is -0.430. The van der Waals surface area contributed by atoms with Crippen molar-refractivity contribution >= 4 is 27.3 Å². The number of nitrogens with zero attached hydrogens (tertiary/aromatic N) is 4. The molecule has 1 aromatic carbocycles. The number of halogens is 1. The van der Waals surface area contributed by atoms with Crippen LogP contribution < -0.4 is 5.32 Å². The summed E-state index contributed by atoms with van der Waals surface area (Å²) in [7, 11) is 0. The predicted octanol–water partition coefficient (Wildman–Crippen LogP) is 4.61. The molecular weight excluding hydrogens is 402 g/mol. The van der Waals surface area contributed by atoms with Crippen LogP contribution in [0.3, 0.4) is 0 Å². The maximum atomic E-state index is 11.3. The van der Waals surface area contributed by atoms with Crippen molar-refractivity contribution in [3.05, 3.63) is 63.2 Å². The van der Waals surface area contributed by atoms with Crippen molar-refractivity contribution in [2.24, 2.45) is 5.92 Å². The number of rotatable bonds is 6. The maximum Gasteiger partial charge on any atom is 0.293 e. The Hall–Kier alpha value is -2.81. The number of aromatic nitrogens is 3. The molecule has 0 spiro atoms. The molecule has 0 radical (unpaired) electrons. The molecule has 9 heteroatoms. The Morgan fingerprint density at radius 3 is 2.62 bits per heavy atom. The molecule has 1 unspecified atom stereocenters. The van der Waals surface area contributed by atoms with Gasteiger partial charge in [0.1, 0.15) is 11.7 Å². The van der Waals surface area contributed by atoms with Gasteiger partial charge in [0.25, 0.3) is 5.69 Å². The van der Waals surface area contributed by atoms with E-state index in [2.05, 4.69) is 36.4 Å². The van der Waals surface area contributed by atoms with Gasteiger partial charge in [-0.15, -0.1) is 0 Å². The molecule has 2 aromatic heterocycles. The van der Waals surface area contributed by atoms with E-state index in [1.54, 1.807) is 36.7 Å². The second-order valence-electron chi connectivity index (χ2n) is 5.98. The zero-order chi connectivity index (χ0) is 18.7. The first-order chi connectivity index (χ1) is 12.5. The van der Waals surface area contributed by atoms with Gasteiger partial charge in [0.05, 0.1) is 4.92 Å².